The average Bonchev–Trinajstić information content (AvgIpc) is 2.17. The maximum Gasteiger partial charge on any atom is 0.326 e. The molecule has 0 aliphatic rings. The number of rotatable bonds is 7. The number of amides is 1. The second-order valence-corrected chi connectivity index (χ2v) is 3.58. The Balaban J connectivity index is 4.15. The van der Waals surface area contributed by atoms with Gasteiger partial charge in [0.25, 0.3) is 0 Å². The van der Waals surface area contributed by atoms with Gasteiger partial charge in [-0.15, -0.1) is 0 Å². The molecule has 0 unspecified atom stereocenters. The second kappa shape index (κ2) is 7.23. The van der Waals surface area contributed by atoms with Crippen molar-refractivity contribution in [3.05, 3.63) is 0 Å². The summed E-state index contributed by atoms with van der Waals surface area (Å²) in [6.07, 6.45) is 2.52. The molecule has 0 spiro atoms. The predicted molar refractivity (Wildman–Crippen MR) is 57.4 cm³/mol. The van der Waals surface area contributed by atoms with Crippen LogP contribution in [0.2, 0.25) is 0 Å². The van der Waals surface area contributed by atoms with Crippen LogP contribution in [-0.4, -0.2) is 29.1 Å². The summed E-state index contributed by atoms with van der Waals surface area (Å²) in [5.41, 5.74) is 5.57. The van der Waals surface area contributed by atoms with Crippen LogP contribution in [0.5, 0.6) is 0 Å². The molecular weight excluding hydrogens is 196 g/mol. The molecule has 0 aromatic carbocycles. The minimum Gasteiger partial charge on any atom is -0.480 e. The van der Waals surface area contributed by atoms with Crippen LogP contribution in [0, 0.1) is 0 Å². The SMILES string of the molecule is CCC[C@@H](N)C(=O)N[C@H](CCC)C(=O)O. The lowest BCUT2D eigenvalue weighted by molar-refractivity contribution is -0.142. The van der Waals surface area contributed by atoms with E-state index >= 15 is 0 Å². The molecule has 0 radical (unpaired) electrons. The third-order valence-electron chi connectivity index (χ3n) is 2.13. The van der Waals surface area contributed by atoms with Crippen LogP contribution in [0.15, 0.2) is 0 Å². The molecule has 88 valence electrons. The zero-order valence-electron chi connectivity index (χ0n) is 9.32. The van der Waals surface area contributed by atoms with Gasteiger partial charge in [0, 0.05) is 0 Å². The summed E-state index contributed by atoms with van der Waals surface area (Å²) < 4.78 is 0. The molecule has 4 N–H and O–H groups in total. The van der Waals surface area contributed by atoms with E-state index in [-0.39, 0.29) is 5.91 Å². The van der Waals surface area contributed by atoms with Gasteiger partial charge in [0.15, 0.2) is 0 Å². The Bertz CT molecular complexity index is 219. The number of nitrogens with one attached hydrogen (secondary N) is 1. The highest BCUT2D eigenvalue weighted by Gasteiger charge is 2.21. The summed E-state index contributed by atoms with van der Waals surface area (Å²) in [5.74, 6) is -1.38. The van der Waals surface area contributed by atoms with Gasteiger partial charge in [0.1, 0.15) is 6.04 Å². The summed E-state index contributed by atoms with van der Waals surface area (Å²) >= 11 is 0. The van der Waals surface area contributed by atoms with Gasteiger partial charge in [-0.2, -0.15) is 0 Å². The Labute approximate surface area is 90.0 Å². The van der Waals surface area contributed by atoms with Crippen molar-refractivity contribution in [2.24, 2.45) is 5.73 Å². The number of carboxylic acid groups (broad SMARTS) is 1. The number of carbonyl (C=O) groups is 2. The highest BCUT2D eigenvalue weighted by molar-refractivity contribution is 5.86. The summed E-state index contributed by atoms with van der Waals surface area (Å²) in [7, 11) is 0. The van der Waals surface area contributed by atoms with Crippen LogP contribution in [0.1, 0.15) is 39.5 Å². The summed E-state index contributed by atoms with van der Waals surface area (Å²) in [5, 5.41) is 11.2. The lowest BCUT2D eigenvalue weighted by atomic mass is 10.1. The number of carbonyl (C=O) groups excluding carboxylic acids is 1. The molecule has 0 saturated carbocycles. The highest BCUT2D eigenvalue weighted by atomic mass is 16.4. The smallest absolute Gasteiger partial charge is 0.326 e. The van der Waals surface area contributed by atoms with E-state index in [1.54, 1.807) is 0 Å². The van der Waals surface area contributed by atoms with E-state index in [9.17, 15) is 9.59 Å². The molecular formula is C10H20N2O3. The van der Waals surface area contributed by atoms with E-state index in [0.29, 0.717) is 19.3 Å². The van der Waals surface area contributed by atoms with E-state index in [4.69, 9.17) is 10.8 Å². The number of aliphatic carboxylic acids is 1. The van der Waals surface area contributed by atoms with Gasteiger partial charge in [-0.25, -0.2) is 4.79 Å². The fourth-order valence-electron chi connectivity index (χ4n) is 1.27. The van der Waals surface area contributed by atoms with Gasteiger partial charge >= 0.3 is 5.97 Å². The topological polar surface area (TPSA) is 92.4 Å². The molecule has 0 aliphatic carbocycles. The van der Waals surface area contributed by atoms with Crippen molar-refractivity contribution >= 4 is 11.9 Å². The third-order valence-corrected chi connectivity index (χ3v) is 2.13. The monoisotopic (exact) mass is 216 g/mol. The Hall–Kier alpha value is -1.10. The quantitative estimate of drug-likeness (QED) is 0.577. The van der Waals surface area contributed by atoms with E-state index in [1.807, 2.05) is 13.8 Å². The highest BCUT2D eigenvalue weighted by Crippen LogP contribution is 1.99. The summed E-state index contributed by atoms with van der Waals surface area (Å²) in [6, 6.07) is -1.42. The van der Waals surface area contributed by atoms with Crippen molar-refractivity contribution in [2.45, 2.75) is 51.6 Å². The molecule has 0 heterocycles. The van der Waals surface area contributed by atoms with Crippen molar-refractivity contribution in [3.63, 3.8) is 0 Å². The van der Waals surface area contributed by atoms with Crippen LogP contribution >= 0.6 is 0 Å². The molecule has 0 aliphatic heterocycles. The van der Waals surface area contributed by atoms with Crippen molar-refractivity contribution in [2.75, 3.05) is 0 Å². The average molecular weight is 216 g/mol. The van der Waals surface area contributed by atoms with Gasteiger partial charge in [-0.3, -0.25) is 4.79 Å². The lowest BCUT2D eigenvalue weighted by Gasteiger charge is -2.16. The van der Waals surface area contributed by atoms with Gasteiger partial charge < -0.3 is 16.2 Å². The van der Waals surface area contributed by atoms with Gasteiger partial charge in [-0.05, 0) is 12.8 Å². The van der Waals surface area contributed by atoms with Gasteiger partial charge in [-0.1, -0.05) is 26.7 Å². The van der Waals surface area contributed by atoms with Crippen molar-refractivity contribution < 1.29 is 14.7 Å². The second-order valence-electron chi connectivity index (χ2n) is 3.58. The number of nitrogens with two attached hydrogens (primary N) is 1. The number of hydrogen-bond donors (Lipinski definition) is 3. The van der Waals surface area contributed by atoms with Crippen LogP contribution < -0.4 is 11.1 Å². The first-order valence-corrected chi connectivity index (χ1v) is 5.31. The van der Waals surface area contributed by atoms with Gasteiger partial charge in [0.2, 0.25) is 5.91 Å². The molecule has 0 saturated heterocycles. The first-order chi connectivity index (χ1) is 7.02. The third kappa shape index (κ3) is 5.37. The maximum atomic E-state index is 11.4. The van der Waals surface area contributed by atoms with E-state index in [1.165, 1.54) is 0 Å². The van der Waals surface area contributed by atoms with Crippen LogP contribution in [0.3, 0.4) is 0 Å². The summed E-state index contributed by atoms with van der Waals surface area (Å²) in [4.78, 5) is 22.2. The molecule has 0 aromatic rings. The minimum absolute atomic E-state index is 0.377. The molecule has 2 atom stereocenters. The largest absolute Gasteiger partial charge is 0.480 e. The van der Waals surface area contributed by atoms with Crippen LogP contribution in [-0.2, 0) is 9.59 Å². The molecule has 5 heteroatoms. The summed E-state index contributed by atoms with van der Waals surface area (Å²) in [6.45, 7) is 3.79. The lowest BCUT2D eigenvalue weighted by Crippen LogP contribution is -2.48. The Morgan fingerprint density at radius 1 is 1.27 bits per heavy atom. The standard InChI is InChI=1S/C10H20N2O3/c1-3-5-7(11)9(13)12-8(6-4-2)10(14)15/h7-8H,3-6,11H2,1-2H3,(H,12,13)(H,14,15)/t7-,8-/m1/s1. The minimum atomic E-state index is -1.01. The number of carboxylic acids is 1. The molecule has 0 rings (SSSR count). The van der Waals surface area contributed by atoms with Crippen LogP contribution in [0.4, 0.5) is 0 Å². The van der Waals surface area contributed by atoms with Crippen LogP contribution in [0.25, 0.3) is 0 Å². The Kier molecular flexibility index (Phi) is 6.70. The van der Waals surface area contributed by atoms with E-state index < -0.39 is 18.1 Å². The zero-order chi connectivity index (χ0) is 11.8. The first kappa shape index (κ1) is 13.9. The number of hydrogen-bond acceptors (Lipinski definition) is 3. The first-order valence-electron chi connectivity index (χ1n) is 5.31. The fourth-order valence-corrected chi connectivity index (χ4v) is 1.27. The maximum absolute atomic E-state index is 11.4. The predicted octanol–water partition coefficient (Wildman–Crippen LogP) is 0.483. The van der Waals surface area contributed by atoms with Crippen molar-refractivity contribution in [3.8, 4) is 0 Å². The molecule has 15 heavy (non-hydrogen) atoms. The Morgan fingerprint density at radius 3 is 2.20 bits per heavy atom. The fraction of sp³-hybridized carbons (Fsp3) is 0.800. The van der Waals surface area contributed by atoms with Gasteiger partial charge in [0.05, 0.1) is 6.04 Å². The zero-order valence-corrected chi connectivity index (χ0v) is 9.32. The Morgan fingerprint density at radius 2 is 1.80 bits per heavy atom. The van der Waals surface area contributed by atoms with Crippen molar-refractivity contribution in [1.29, 1.82) is 0 Å². The van der Waals surface area contributed by atoms with Crippen molar-refractivity contribution in [1.82, 2.24) is 5.32 Å². The van der Waals surface area contributed by atoms with E-state index in [2.05, 4.69) is 5.32 Å². The molecule has 0 aromatic heterocycles. The molecule has 0 fully saturated rings. The molecule has 1 amide bonds. The van der Waals surface area contributed by atoms with E-state index in [0.717, 1.165) is 6.42 Å². The molecule has 0 bridgehead atoms. The normalized spacial score (nSPS) is 14.3. The molecule has 5 nitrogen and oxygen atoms in total.